The number of ether oxygens (including phenoxy) is 1. The van der Waals surface area contributed by atoms with Crippen molar-refractivity contribution in [1.82, 2.24) is 20.4 Å². The first-order valence-electron chi connectivity index (χ1n) is 9.15. The van der Waals surface area contributed by atoms with Gasteiger partial charge in [-0.05, 0) is 39.8 Å². The molecule has 0 aromatic rings. The van der Waals surface area contributed by atoms with Crippen molar-refractivity contribution in [2.24, 2.45) is 4.99 Å². The van der Waals surface area contributed by atoms with Crippen LogP contribution in [0.2, 0.25) is 0 Å². The summed E-state index contributed by atoms with van der Waals surface area (Å²) in [5.41, 5.74) is 0.156. The van der Waals surface area contributed by atoms with E-state index in [4.69, 9.17) is 4.74 Å². The van der Waals surface area contributed by atoms with Gasteiger partial charge >= 0.3 is 0 Å². The quantitative estimate of drug-likeness (QED) is 0.429. The molecule has 24 heavy (non-hydrogen) atoms. The minimum atomic E-state index is 0.156. The Morgan fingerprint density at radius 1 is 1.33 bits per heavy atom. The van der Waals surface area contributed by atoms with Crippen molar-refractivity contribution in [3.63, 3.8) is 0 Å². The van der Waals surface area contributed by atoms with Gasteiger partial charge in [-0.1, -0.05) is 6.08 Å². The summed E-state index contributed by atoms with van der Waals surface area (Å²) in [6.45, 7) is 9.65. The van der Waals surface area contributed by atoms with E-state index < -0.39 is 0 Å². The number of hydrogen-bond acceptors (Lipinski definition) is 4. The molecule has 0 unspecified atom stereocenters. The van der Waals surface area contributed by atoms with Gasteiger partial charge in [-0.15, -0.1) is 6.58 Å². The lowest BCUT2D eigenvalue weighted by Gasteiger charge is -2.43. The molecule has 0 spiro atoms. The maximum atomic E-state index is 5.55. The van der Waals surface area contributed by atoms with Gasteiger partial charge in [0, 0.05) is 58.0 Å². The Hall–Kier alpha value is -1.11. The van der Waals surface area contributed by atoms with Crippen molar-refractivity contribution in [2.45, 2.75) is 37.3 Å². The van der Waals surface area contributed by atoms with Crippen LogP contribution in [0.15, 0.2) is 17.6 Å². The van der Waals surface area contributed by atoms with Crippen LogP contribution in [0.1, 0.15) is 25.7 Å². The Kier molecular flexibility index (Phi) is 7.52. The fourth-order valence-corrected chi connectivity index (χ4v) is 3.61. The molecule has 0 aromatic heterocycles. The number of likely N-dealkylation sites (N-methyl/N-ethyl adjacent to an activating group) is 1. The molecule has 0 aromatic carbocycles. The van der Waals surface area contributed by atoms with E-state index in [1.54, 1.807) is 0 Å². The molecule has 2 aliphatic rings. The van der Waals surface area contributed by atoms with Gasteiger partial charge in [-0.3, -0.25) is 9.89 Å². The molecule has 2 heterocycles. The van der Waals surface area contributed by atoms with E-state index in [9.17, 15) is 0 Å². The first-order chi connectivity index (χ1) is 11.6. The van der Waals surface area contributed by atoms with E-state index in [1.165, 1.54) is 0 Å². The molecule has 0 radical (unpaired) electrons. The van der Waals surface area contributed by atoms with E-state index in [1.807, 2.05) is 13.1 Å². The summed E-state index contributed by atoms with van der Waals surface area (Å²) in [6.07, 6.45) is 6.42. The standard InChI is InChI=1S/C18H35N5O/c1-5-10-23-11-6-16(7-12-23)21-17(19-2)20-15-18(22(3)4)8-13-24-14-9-18/h5,16H,1,6-15H2,2-4H3,(H2,19,20,21). The highest BCUT2D eigenvalue weighted by Crippen LogP contribution is 2.25. The second-order valence-electron chi connectivity index (χ2n) is 7.16. The van der Waals surface area contributed by atoms with E-state index >= 15 is 0 Å². The van der Waals surface area contributed by atoms with Crippen LogP contribution in [-0.4, -0.2) is 87.9 Å². The summed E-state index contributed by atoms with van der Waals surface area (Å²) in [4.78, 5) is 9.21. The fraction of sp³-hybridized carbons (Fsp3) is 0.833. The van der Waals surface area contributed by atoms with Crippen LogP contribution in [0, 0.1) is 0 Å². The maximum absolute atomic E-state index is 5.55. The zero-order chi connectivity index (χ0) is 17.4. The van der Waals surface area contributed by atoms with Gasteiger partial charge in [-0.25, -0.2) is 0 Å². The van der Waals surface area contributed by atoms with E-state index in [2.05, 4.69) is 46.1 Å². The molecule has 0 atom stereocenters. The summed E-state index contributed by atoms with van der Waals surface area (Å²) in [5, 5.41) is 7.16. The molecule has 0 aliphatic carbocycles. The van der Waals surface area contributed by atoms with Crippen LogP contribution in [0.4, 0.5) is 0 Å². The third-order valence-corrected chi connectivity index (χ3v) is 5.50. The molecule has 6 heteroatoms. The van der Waals surface area contributed by atoms with Crippen molar-refractivity contribution in [2.75, 3.05) is 60.5 Å². The normalized spacial score (nSPS) is 23.2. The van der Waals surface area contributed by atoms with Crippen LogP contribution in [0.5, 0.6) is 0 Å². The van der Waals surface area contributed by atoms with Crippen LogP contribution < -0.4 is 10.6 Å². The number of likely N-dealkylation sites (tertiary alicyclic amines) is 1. The molecule has 6 nitrogen and oxygen atoms in total. The number of rotatable bonds is 6. The largest absolute Gasteiger partial charge is 0.381 e. The van der Waals surface area contributed by atoms with Gasteiger partial charge in [0.05, 0.1) is 0 Å². The second-order valence-corrected chi connectivity index (χ2v) is 7.16. The summed E-state index contributed by atoms with van der Waals surface area (Å²) < 4.78 is 5.55. The molecule has 2 rings (SSSR count). The smallest absolute Gasteiger partial charge is 0.191 e. The molecular formula is C18H35N5O. The summed E-state index contributed by atoms with van der Waals surface area (Å²) in [6, 6.07) is 0.502. The monoisotopic (exact) mass is 337 g/mol. The predicted molar refractivity (Wildman–Crippen MR) is 101 cm³/mol. The summed E-state index contributed by atoms with van der Waals surface area (Å²) >= 11 is 0. The Morgan fingerprint density at radius 2 is 2.00 bits per heavy atom. The van der Waals surface area contributed by atoms with Crippen molar-refractivity contribution in [3.05, 3.63) is 12.7 Å². The van der Waals surface area contributed by atoms with Gasteiger partial charge < -0.3 is 20.3 Å². The van der Waals surface area contributed by atoms with E-state index in [-0.39, 0.29) is 5.54 Å². The lowest BCUT2D eigenvalue weighted by Crippen LogP contribution is -2.58. The number of guanidine groups is 1. The van der Waals surface area contributed by atoms with Crippen molar-refractivity contribution in [3.8, 4) is 0 Å². The first-order valence-corrected chi connectivity index (χ1v) is 9.15. The molecule has 0 amide bonds. The van der Waals surface area contributed by atoms with Crippen LogP contribution in [-0.2, 0) is 4.74 Å². The van der Waals surface area contributed by atoms with Crippen LogP contribution in [0.3, 0.4) is 0 Å². The molecule has 2 aliphatic heterocycles. The number of hydrogen-bond donors (Lipinski definition) is 2. The van der Waals surface area contributed by atoms with Crippen molar-refractivity contribution >= 4 is 5.96 Å². The average Bonchev–Trinajstić information content (AvgIpc) is 2.61. The van der Waals surface area contributed by atoms with Crippen LogP contribution >= 0.6 is 0 Å². The minimum absolute atomic E-state index is 0.156. The SMILES string of the molecule is C=CCN1CCC(NC(=NC)NCC2(N(C)C)CCOCC2)CC1. The second kappa shape index (κ2) is 9.39. The Labute approximate surface area is 147 Å². The fourth-order valence-electron chi connectivity index (χ4n) is 3.61. The van der Waals surface area contributed by atoms with Crippen molar-refractivity contribution < 1.29 is 4.74 Å². The number of piperidine rings is 1. The Bertz CT molecular complexity index is 410. The van der Waals surface area contributed by atoms with E-state index in [0.29, 0.717) is 6.04 Å². The predicted octanol–water partition coefficient (Wildman–Crippen LogP) is 0.913. The molecule has 2 saturated heterocycles. The zero-order valence-electron chi connectivity index (χ0n) is 15.7. The molecule has 2 fully saturated rings. The topological polar surface area (TPSA) is 52.1 Å². The Balaban J connectivity index is 1.81. The van der Waals surface area contributed by atoms with Gasteiger partial charge in [0.25, 0.3) is 0 Å². The zero-order valence-corrected chi connectivity index (χ0v) is 15.7. The molecule has 0 saturated carbocycles. The highest BCUT2D eigenvalue weighted by atomic mass is 16.5. The number of nitrogens with one attached hydrogen (secondary N) is 2. The van der Waals surface area contributed by atoms with E-state index in [0.717, 1.165) is 71.0 Å². The minimum Gasteiger partial charge on any atom is -0.381 e. The third kappa shape index (κ3) is 5.19. The first kappa shape index (κ1) is 19.2. The highest BCUT2D eigenvalue weighted by Gasteiger charge is 2.35. The number of aliphatic imine (C=N–C) groups is 1. The maximum Gasteiger partial charge on any atom is 0.191 e. The third-order valence-electron chi connectivity index (χ3n) is 5.50. The number of nitrogens with zero attached hydrogens (tertiary/aromatic N) is 3. The molecule has 2 N–H and O–H groups in total. The lowest BCUT2D eigenvalue weighted by atomic mass is 9.88. The molecular weight excluding hydrogens is 302 g/mol. The Morgan fingerprint density at radius 3 is 2.54 bits per heavy atom. The van der Waals surface area contributed by atoms with Gasteiger partial charge in [-0.2, -0.15) is 0 Å². The van der Waals surface area contributed by atoms with Gasteiger partial charge in [0.15, 0.2) is 5.96 Å². The van der Waals surface area contributed by atoms with Gasteiger partial charge in [0.2, 0.25) is 0 Å². The average molecular weight is 338 g/mol. The summed E-state index contributed by atoms with van der Waals surface area (Å²) in [5.74, 6) is 0.921. The highest BCUT2D eigenvalue weighted by molar-refractivity contribution is 5.80. The van der Waals surface area contributed by atoms with Crippen molar-refractivity contribution in [1.29, 1.82) is 0 Å². The van der Waals surface area contributed by atoms with Gasteiger partial charge in [0.1, 0.15) is 0 Å². The lowest BCUT2D eigenvalue weighted by molar-refractivity contribution is -0.00504. The molecule has 0 bridgehead atoms. The molecule has 138 valence electrons. The van der Waals surface area contributed by atoms with Crippen LogP contribution in [0.25, 0.3) is 0 Å². The summed E-state index contributed by atoms with van der Waals surface area (Å²) in [7, 11) is 6.19.